The van der Waals surface area contributed by atoms with E-state index in [2.05, 4.69) is 5.32 Å². The van der Waals surface area contributed by atoms with E-state index in [1.54, 1.807) is 19.1 Å². The molecule has 0 bridgehead atoms. The van der Waals surface area contributed by atoms with Crippen LogP contribution in [0.3, 0.4) is 0 Å². The monoisotopic (exact) mass is 340 g/mol. The molecule has 2 aromatic rings. The van der Waals surface area contributed by atoms with Gasteiger partial charge in [0.1, 0.15) is 6.04 Å². The van der Waals surface area contributed by atoms with Gasteiger partial charge in [-0.15, -0.1) is 0 Å². The zero-order valence-electron chi connectivity index (χ0n) is 14.4. The van der Waals surface area contributed by atoms with Gasteiger partial charge in [-0.1, -0.05) is 42.5 Å². The molecule has 2 aromatic carbocycles. The average molecular weight is 340 g/mol. The number of hydrogen-bond donors (Lipinski definition) is 2. The molecule has 1 amide bonds. The van der Waals surface area contributed by atoms with Gasteiger partial charge in [0.15, 0.2) is 0 Å². The van der Waals surface area contributed by atoms with Crippen LogP contribution in [0.15, 0.2) is 54.6 Å². The number of benzene rings is 2. The van der Waals surface area contributed by atoms with E-state index in [9.17, 15) is 9.59 Å². The normalized spacial score (nSPS) is 11.6. The number of rotatable bonds is 8. The summed E-state index contributed by atoms with van der Waals surface area (Å²) in [6.45, 7) is 2.01. The van der Waals surface area contributed by atoms with Crippen LogP contribution in [-0.4, -0.2) is 24.5 Å². The number of aryl methyl sites for hydroxylation is 1. The lowest BCUT2D eigenvalue weighted by atomic mass is 10.0. The Morgan fingerprint density at radius 2 is 1.80 bits per heavy atom. The largest absolute Gasteiger partial charge is 0.464 e. The van der Waals surface area contributed by atoms with Crippen LogP contribution in [0.25, 0.3) is 0 Å². The third kappa shape index (κ3) is 6.30. The number of amides is 1. The molecular weight excluding hydrogens is 316 g/mol. The van der Waals surface area contributed by atoms with Crippen LogP contribution in [0.1, 0.15) is 24.5 Å². The molecule has 132 valence electrons. The van der Waals surface area contributed by atoms with Gasteiger partial charge in [-0.05, 0) is 36.6 Å². The predicted molar refractivity (Wildman–Crippen MR) is 97.9 cm³/mol. The first-order valence-corrected chi connectivity index (χ1v) is 8.43. The molecule has 0 heterocycles. The second kappa shape index (κ2) is 9.47. The second-order valence-electron chi connectivity index (χ2n) is 5.81. The van der Waals surface area contributed by atoms with Crippen molar-refractivity contribution in [2.24, 2.45) is 0 Å². The van der Waals surface area contributed by atoms with Gasteiger partial charge >= 0.3 is 5.97 Å². The fourth-order valence-corrected chi connectivity index (χ4v) is 2.56. The molecule has 0 radical (unpaired) electrons. The quantitative estimate of drug-likeness (QED) is 0.571. The van der Waals surface area contributed by atoms with E-state index in [1.807, 2.05) is 42.5 Å². The summed E-state index contributed by atoms with van der Waals surface area (Å²) in [6.07, 6.45) is 1.29. The van der Waals surface area contributed by atoms with Crippen molar-refractivity contribution >= 4 is 17.6 Å². The van der Waals surface area contributed by atoms with Gasteiger partial charge in [-0.3, -0.25) is 4.79 Å². The summed E-state index contributed by atoms with van der Waals surface area (Å²) in [5.74, 6) is -0.608. The zero-order chi connectivity index (χ0) is 18.1. The van der Waals surface area contributed by atoms with Crippen molar-refractivity contribution < 1.29 is 14.3 Å². The topological polar surface area (TPSA) is 81.4 Å². The summed E-state index contributed by atoms with van der Waals surface area (Å²) >= 11 is 0. The molecule has 0 fully saturated rings. The third-order valence-electron chi connectivity index (χ3n) is 3.78. The lowest BCUT2D eigenvalue weighted by molar-refractivity contribution is -0.147. The van der Waals surface area contributed by atoms with E-state index < -0.39 is 12.0 Å². The van der Waals surface area contributed by atoms with Crippen molar-refractivity contribution in [2.45, 2.75) is 32.2 Å². The number of nitrogens with two attached hydrogens (primary N) is 1. The molecule has 0 saturated carbocycles. The van der Waals surface area contributed by atoms with E-state index >= 15 is 0 Å². The Bertz CT molecular complexity index is 701. The molecule has 1 atom stereocenters. The summed E-state index contributed by atoms with van der Waals surface area (Å²) in [6, 6.07) is 16.3. The number of esters is 1. The minimum absolute atomic E-state index is 0.175. The number of carbonyl (C=O) groups is 2. The molecule has 1 unspecified atom stereocenters. The smallest absolute Gasteiger partial charge is 0.328 e. The molecule has 0 aliphatic heterocycles. The molecule has 0 aliphatic rings. The van der Waals surface area contributed by atoms with Crippen LogP contribution in [-0.2, 0) is 27.2 Å². The van der Waals surface area contributed by atoms with Crippen LogP contribution in [0.5, 0.6) is 0 Å². The first-order valence-electron chi connectivity index (χ1n) is 8.43. The number of ether oxygens (including phenoxy) is 1. The van der Waals surface area contributed by atoms with E-state index in [0.717, 1.165) is 11.1 Å². The van der Waals surface area contributed by atoms with Crippen LogP contribution < -0.4 is 11.1 Å². The Morgan fingerprint density at radius 3 is 2.48 bits per heavy atom. The highest BCUT2D eigenvalue weighted by atomic mass is 16.5. The van der Waals surface area contributed by atoms with Gasteiger partial charge in [0.2, 0.25) is 5.91 Å². The standard InChI is InChI=1S/C20H24N2O3/c1-2-25-20(24)18(14-16-9-6-10-17(21)13-16)22-19(23)12-11-15-7-4-3-5-8-15/h3-10,13,18H,2,11-12,14,21H2,1H3,(H,22,23). The number of nitrogens with one attached hydrogen (secondary N) is 1. The van der Waals surface area contributed by atoms with Crippen LogP contribution in [0, 0.1) is 0 Å². The van der Waals surface area contributed by atoms with E-state index in [0.29, 0.717) is 24.9 Å². The number of nitrogen functional groups attached to an aromatic ring is 1. The van der Waals surface area contributed by atoms with Crippen LogP contribution >= 0.6 is 0 Å². The molecule has 3 N–H and O–H groups in total. The highest BCUT2D eigenvalue weighted by molar-refractivity contribution is 5.84. The highest BCUT2D eigenvalue weighted by Gasteiger charge is 2.22. The van der Waals surface area contributed by atoms with E-state index in [4.69, 9.17) is 10.5 Å². The van der Waals surface area contributed by atoms with Crippen molar-refractivity contribution in [1.82, 2.24) is 5.32 Å². The first-order chi connectivity index (χ1) is 12.1. The van der Waals surface area contributed by atoms with E-state index in [1.165, 1.54) is 0 Å². The maximum absolute atomic E-state index is 12.2. The molecule has 5 nitrogen and oxygen atoms in total. The second-order valence-corrected chi connectivity index (χ2v) is 5.81. The highest BCUT2D eigenvalue weighted by Crippen LogP contribution is 2.10. The summed E-state index contributed by atoms with van der Waals surface area (Å²) in [5, 5.41) is 2.79. The molecule has 5 heteroatoms. The third-order valence-corrected chi connectivity index (χ3v) is 3.78. The molecule has 2 rings (SSSR count). The van der Waals surface area contributed by atoms with Crippen molar-refractivity contribution in [3.05, 3.63) is 65.7 Å². The zero-order valence-corrected chi connectivity index (χ0v) is 14.4. The molecule has 0 aliphatic carbocycles. The SMILES string of the molecule is CCOC(=O)C(Cc1cccc(N)c1)NC(=O)CCc1ccccc1. The number of hydrogen-bond acceptors (Lipinski definition) is 4. The van der Waals surface area contributed by atoms with Crippen LogP contribution in [0.4, 0.5) is 5.69 Å². The molecule has 25 heavy (non-hydrogen) atoms. The van der Waals surface area contributed by atoms with Gasteiger partial charge in [0, 0.05) is 18.5 Å². The number of carbonyl (C=O) groups excluding carboxylic acids is 2. The Kier molecular flexibility index (Phi) is 7.01. The number of anilines is 1. The maximum Gasteiger partial charge on any atom is 0.328 e. The summed E-state index contributed by atoms with van der Waals surface area (Å²) in [4.78, 5) is 24.4. The van der Waals surface area contributed by atoms with Gasteiger partial charge < -0.3 is 15.8 Å². The summed E-state index contributed by atoms with van der Waals surface area (Å²) in [7, 11) is 0. The summed E-state index contributed by atoms with van der Waals surface area (Å²) in [5.41, 5.74) is 8.36. The molecule has 0 aromatic heterocycles. The van der Waals surface area contributed by atoms with Gasteiger partial charge in [-0.2, -0.15) is 0 Å². The van der Waals surface area contributed by atoms with Crippen molar-refractivity contribution in [3.8, 4) is 0 Å². The van der Waals surface area contributed by atoms with Gasteiger partial charge in [0.25, 0.3) is 0 Å². The minimum atomic E-state index is -0.718. The maximum atomic E-state index is 12.2. The first kappa shape index (κ1) is 18.5. The van der Waals surface area contributed by atoms with Crippen molar-refractivity contribution in [2.75, 3.05) is 12.3 Å². The van der Waals surface area contributed by atoms with Crippen molar-refractivity contribution in [1.29, 1.82) is 0 Å². The molecule has 0 saturated heterocycles. The Balaban J connectivity index is 1.97. The lowest BCUT2D eigenvalue weighted by Crippen LogP contribution is -2.43. The lowest BCUT2D eigenvalue weighted by Gasteiger charge is -2.17. The van der Waals surface area contributed by atoms with Gasteiger partial charge in [-0.25, -0.2) is 4.79 Å². The van der Waals surface area contributed by atoms with Crippen molar-refractivity contribution in [3.63, 3.8) is 0 Å². The van der Waals surface area contributed by atoms with Crippen LogP contribution in [0.2, 0.25) is 0 Å². The average Bonchev–Trinajstić information content (AvgIpc) is 2.60. The molecule has 0 spiro atoms. The van der Waals surface area contributed by atoms with E-state index in [-0.39, 0.29) is 12.5 Å². The minimum Gasteiger partial charge on any atom is -0.464 e. The molecular formula is C20H24N2O3. The Hall–Kier alpha value is -2.82. The van der Waals surface area contributed by atoms with Gasteiger partial charge in [0.05, 0.1) is 6.61 Å². The predicted octanol–water partition coefficient (Wildman–Crippen LogP) is 2.49. The fourth-order valence-electron chi connectivity index (χ4n) is 2.56. The Morgan fingerprint density at radius 1 is 1.08 bits per heavy atom. The summed E-state index contributed by atoms with van der Waals surface area (Å²) < 4.78 is 5.09. The Labute approximate surface area is 148 Å². The fraction of sp³-hybridized carbons (Fsp3) is 0.300.